The fraction of sp³-hybridized carbons (Fsp3) is 0.273. The molecular weight excluding hydrogens is 455 g/mol. The molecule has 0 N–H and O–H groups in total. The summed E-state index contributed by atoms with van der Waals surface area (Å²) in [5, 5.41) is 4.32. The third-order valence-corrected chi connectivity index (χ3v) is 5.82. The van der Waals surface area contributed by atoms with Crippen molar-refractivity contribution in [3.63, 3.8) is 0 Å². The maximum Gasteiger partial charge on any atom is 0.181 e. The predicted molar refractivity (Wildman–Crippen MR) is 119 cm³/mol. The summed E-state index contributed by atoms with van der Waals surface area (Å²) >= 11 is 6.03. The molecule has 33 heavy (non-hydrogen) atoms. The van der Waals surface area contributed by atoms with Crippen molar-refractivity contribution in [2.45, 2.75) is 13.3 Å². The number of fused-ring (bicyclic) bond motifs is 1. The van der Waals surface area contributed by atoms with Gasteiger partial charge in [0.1, 0.15) is 28.0 Å². The van der Waals surface area contributed by atoms with Crippen molar-refractivity contribution in [1.29, 1.82) is 0 Å². The van der Waals surface area contributed by atoms with Gasteiger partial charge in [-0.25, -0.2) is 32.8 Å². The van der Waals surface area contributed by atoms with E-state index in [9.17, 15) is 13.2 Å². The Balaban J connectivity index is 1.42. The average molecular weight is 474 g/mol. The highest BCUT2D eigenvalue weighted by Gasteiger charge is 2.24. The molecule has 0 spiro atoms. The first kappa shape index (κ1) is 21.6. The molecule has 5 rings (SSSR count). The van der Waals surface area contributed by atoms with Crippen LogP contribution >= 0.6 is 11.6 Å². The summed E-state index contributed by atoms with van der Waals surface area (Å²) in [6, 6.07) is 5.28. The van der Waals surface area contributed by atoms with Gasteiger partial charge in [0, 0.05) is 62.2 Å². The zero-order valence-corrected chi connectivity index (χ0v) is 18.2. The molecule has 0 unspecified atom stereocenters. The fourth-order valence-corrected chi connectivity index (χ4v) is 4.05. The number of halogens is 4. The zero-order valence-electron chi connectivity index (χ0n) is 17.4. The molecule has 1 aliphatic heterocycles. The molecular formula is C22H19ClF3N7. The molecule has 0 bridgehead atoms. The molecule has 11 heteroatoms. The molecule has 1 fully saturated rings. The van der Waals surface area contributed by atoms with Gasteiger partial charge >= 0.3 is 0 Å². The zero-order chi connectivity index (χ0) is 22.9. The van der Waals surface area contributed by atoms with E-state index in [1.165, 1.54) is 16.8 Å². The van der Waals surface area contributed by atoms with Crippen molar-refractivity contribution in [2.24, 2.45) is 0 Å². The molecule has 0 radical (unpaired) electrons. The number of anilines is 1. The van der Waals surface area contributed by atoms with Crippen LogP contribution in [0, 0.1) is 11.6 Å². The maximum absolute atomic E-state index is 14.1. The average Bonchev–Trinajstić information content (AvgIpc) is 3.30. The van der Waals surface area contributed by atoms with Gasteiger partial charge in [-0.1, -0.05) is 17.7 Å². The summed E-state index contributed by atoms with van der Waals surface area (Å²) in [5.41, 5.74) is 2.83. The fourth-order valence-electron chi connectivity index (χ4n) is 3.90. The number of hydrogen-bond acceptors (Lipinski definition) is 6. The summed E-state index contributed by atoms with van der Waals surface area (Å²) in [7, 11) is 0. The first-order valence-corrected chi connectivity index (χ1v) is 10.7. The minimum absolute atomic E-state index is 0.302. The summed E-state index contributed by atoms with van der Waals surface area (Å²) in [6.45, 7) is 2.19. The molecule has 1 saturated heterocycles. The van der Waals surface area contributed by atoms with Crippen molar-refractivity contribution >= 4 is 28.5 Å². The van der Waals surface area contributed by atoms with Gasteiger partial charge in [0.15, 0.2) is 12.6 Å². The minimum Gasteiger partial charge on any atom is -0.352 e. The first-order chi connectivity index (χ1) is 16.0. The van der Waals surface area contributed by atoms with E-state index in [0.29, 0.717) is 71.5 Å². The number of alkyl halides is 1. The Morgan fingerprint density at radius 1 is 0.970 bits per heavy atom. The topological polar surface area (TPSA) is 63.0 Å². The monoisotopic (exact) mass is 473 g/mol. The van der Waals surface area contributed by atoms with Crippen LogP contribution in [0.3, 0.4) is 0 Å². The van der Waals surface area contributed by atoms with E-state index in [1.54, 1.807) is 24.7 Å². The molecule has 0 aliphatic carbocycles. The highest BCUT2D eigenvalue weighted by atomic mass is 35.5. The van der Waals surface area contributed by atoms with Gasteiger partial charge in [-0.05, 0) is 6.07 Å². The van der Waals surface area contributed by atoms with Crippen LogP contribution in [0.4, 0.5) is 19.0 Å². The van der Waals surface area contributed by atoms with Crippen LogP contribution in [0.2, 0.25) is 5.15 Å². The number of aromatic nitrogens is 5. The molecule has 170 valence electrons. The largest absolute Gasteiger partial charge is 0.352 e. The van der Waals surface area contributed by atoms with Gasteiger partial charge in [-0.2, -0.15) is 5.10 Å². The van der Waals surface area contributed by atoms with Crippen molar-refractivity contribution in [1.82, 2.24) is 29.6 Å². The van der Waals surface area contributed by atoms with E-state index in [1.807, 2.05) is 0 Å². The van der Waals surface area contributed by atoms with Gasteiger partial charge < -0.3 is 4.90 Å². The summed E-state index contributed by atoms with van der Waals surface area (Å²) in [6.07, 6.45) is 4.70. The lowest BCUT2D eigenvalue weighted by molar-refractivity contribution is 0.246. The van der Waals surface area contributed by atoms with Gasteiger partial charge in [0.05, 0.1) is 17.9 Å². The number of nitrogens with zero attached hydrogens (tertiary/aromatic N) is 7. The van der Waals surface area contributed by atoms with Crippen molar-refractivity contribution < 1.29 is 13.2 Å². The predicted octanol–water partition coefficient (Wildman–Crippen LogP) is 4.07. The minimum atomic E-state index is -0.745. The molecule has 3 aromatic heterocycles. The number of pyridine rings is 1. The van der Waals surface area contributed by atoms with Gasteiger partial charge in [-0.3, -0.25) is 4.90 Å². The molecule has 4 heterocycles. The van der Waals surface area contributed by atoms with Crippen molar-refractivity contribution in [3.8, 4) is 11.3 Å². The van der Waals surface area contributed by atoms with E-state index in [2.05, 4.69) is 19.9 Å². The van der Waals surface area contributed by atoms with Gasteiger partial charge in [0.25, 0.3) is 0 Å². The van der Waals surface area contributed by atoms with Crippen LogP contribution in [0.5, 0.6) is 0 Å². The molecule has 1 aliphatic rings. The normalized spacial score (nSPS) is 14.8. The number of rotatable bonds is 5. The van der Waals surface area contributed by atoms with Crippen molar-refractivity contribution in [3.05, 3.63) is 65.2 Å². The van der Waals surface area contributed by atoms with Gasteiger partial charge in [-0.15, -0.1) is 0 Å². The lowest BCUT2D eigenvalue weighted by atomic mass is 10.1. The van der Waals surface area contributed by atoms with Crippen LogP contribution in [0.1, 0.15) is 5.56 Å². The van der Waals surface area contributed by atoms with E-state index in [4.69, 9.17) is 21.6 Å². The van der Waals surface area contributed by atoms with Crippen LogP contribution in [-0.2, 0) is 13.3 Å². The van der Waals surface area contributed by atoms with E-state index in [-0.39, 0.29) is 0 Å². The Kier molecular flexibility index (Phi) is 5.86. The lowest BCUT2D eigenvalue weighted by Gasteiger charge is -2.36. The Bertz CT molecular complexity index is 1300. The molecule has 7 nitrogen and oxygen atoms in total. The van der Waals surface area contributed by atoms with Gasteiger partial charge in [0.2, 0.25) is 0 Å². The summed E-state index contributed by atoms with van der Waals surface area (Å²) in [5.74, 6) is -0.496. The van der Waals surface area contributed by atoms with E-state index < -0.39 is 18.4 Å². The molecule has 0 amide bonds. The SMILES string of the molecule is FCn1cc(-c2nc3cc(Cl)ncc3nc2N2CCN(Cc3ccc(F)cc3F)CC2)cn1. The summed E-state index contributed by atoms with van der Waals surface area (Å²) < 4.78 is 41.5. The highest BCUT2D eigenvalue weighted by Crippen LogP contribution is 2.31. The molecule has 1 aromatic carbocycles. The molecule has 0 atom stereocenters. The van der Waals surface area contributed by atoms with Crippen LogP contribution in [-0.4, -0.2) is 55.8 Å². The van der Waals surface area contributed by atoms with Crippen LogP contribution < -0.4 is 4.90 Å². The molecule has 0 saturated carbocycles. The Morgan fingerprint density at radius 2 is 1.79 bits per heavy atom. The van der Waals surface area contributed by atoms with Crippen molar-refractivity contribution in [2.75, 3.05) is 31.1 Å². The first-order valence-electron chi connectivity index (χ1n) is 10.3. The second-order valence-corrected chi connectivity index (χ2v) is 8.17. The van der Waals surface area contributed by atoms with Crippen LogP contribution in [0.25, 0.3) is 22.3 Å². The number of piperazine rings is 1. The Hall–Kier alpha value is -3.24. The second kappa shape index (κ2) is 8.95. The summed E-state index contributed by atoms with van der Waals surface area (Å²) in [4.78, 5) is 17.8. The highest BCUT2D eigenvalue weighted by molar-refractivity contribution is 6.29. The number of hydrogen-bond donors (Lipinski definition) is 0. The van der Waals surface area contributed by atoms with E-state index >= 15 is 0 Å². The second-order valence-electron chi connectivity index (χ2n) is 7.78. The smallest absolute Gasteiger partial charge is 0.181 e. The number of benzene rings is 1. The lowest BCUT2D eigenvalue weighted by Crippen LogP contribution is -2.46. The standard InChI is InChI=1S/C22H19ClF3N7/c23-20-8-18-19(10-27-20)30-22(21(29-18)15-9-28-33(12-15)13-24)32-5-3-31(4-6-32)11-14-1-2-16(25)7-17(14)26/h1-2,7-10,12H,3-6,11,13H2. The quantitative estimate of drug-likeness (QED) is 0.407. The third-order valence-electron chi connectivity index (χ3n) is 5.61. The van der Waals surface area contributed by atoms with Crippen LogP contribution in [0.15, 0.2) is 42.9 Å². The Morgan fingerprint density at radius 3 is 2.52 bits per heavy atom. The Labute approximate surface area is 192 Å². The van der Waals surface area contributed by atoms with E-state index in [0.717, 1.165) is 6.07 Å². The molecule has 4 aromatic rings. The maximum atomic E-state index is 14.1. The third kappa shape index (κ3) is 4.49.